The first kappa shape index (κ1) is 25.2. The Morgan fingerprint density at radius 1 is 1.03 bits per heavy atom. The number of furan rings is 1. The normalized spacial score (nSPS) is 13.7. The topological polar surface area (TPSA) is 110 Å². The Kier molecular flexibility index (Phi) is 6.00. The van der Waals surface area contributed by atoms with Gasteiger partial charge in [0.25, 0.3) is 0 Å². The predicted octanol–water partition coefficient (Wildman–Crippen LogP) is 6.27. The number of nitrogens with zero attached hydrogens (tertiary/aromatic N) is 1. The Bertz CT molecular complexity index is 1790. The lowest BCUT2D eigenvalue weighted by Gasteiger charge is -2.17. The Morgan fingerprint density at radius 2 is 1.78 bits per heavy atom. The third-order valence-corrected chi connectivity index (χ3v) is 8.44. The van der Waals surface area contributed by atoms with Gasteiger partial charge in [-0.15, -0.1) is 11.3 Å². The molecular weight excluding hydrogens is 529 g/mol. The number of carbonyl (C=O) groups is 1. The highest BCUT2D eigenvalue weighted by molar-refractivity contribution is 7.89. The van der Waals surface area contributed by atoms with E-state index in [9.17, 15) is 31.5 Å². The Balaban J connectivity index is 1.53. The first-order chi connectivity index (χ1) is 17.3. The summed E-state index contributed by atoms with van der Waals surface area (Å²) in [5.41, 5.74) is 1.20. The van der Waals surface area contributed by atoms with Crippen LogP contribution in [0.3, 0.4) is 0 Å². The molecule has 1 atom stereocenters. The highest BCUT2D eigenvalue weighted by Gasteiger charge is 2.31. The van der Waals surface area contributed by atoms with E-state index in [2.05, 4.69) is 9.71 Å². The number of carboxylic acid groups (broad SMARTS) is 1. The summed E-state index contributed by atoms with van der Waals surface area (Å²) in [6, 6.07) is 11.5. The number of fused-ring (bicyclic) bond motifs is 4. The maximum Gasteiger partial charge on any atom is 0.416 e. The second kappa shape index (κ2) is 8.82. The van der Waals surface area contributed by atoms with Crippen LogP contribution in [0.4, 0.5) is 13.2 Å². The van der Waals surface area contributed by atoms with Gasteiger partial charge in [0.15, 0.2) is 0 Å². The summed E-state index contributed by atoms with van der Waals surface area (Å²) in [7, 11) is -4.13. The van der Waals surface area contributed by atoms with E-state index in [1.165, 1.54) is 24.3 Å². The number of hydrogen-bond donors (Lipinski definition) is 2. The molecule has 3 aromatic carbocycles. The van der Waals surface area contributed by atoms with Crippen LogP contribution < -0.4 is 4.72 Å². The number of hydrogen-bond acceptors (Lipinski definition) is 6. The molecule has 7 nitrogen and oxygen atoms in total. The van der Waals surface area contributed by atoms with Crippen LogP contribution in [0.2, 0.25) is 0 Å². The van der Waals surface area contributed by atoms with Crippen molar-refractivity contribution in [1.29, 1.82) is 0 Å². The van der Waals surface area contributed by atoms with E-state index < -0.39 is 39.7 Å². The average Bonchev–Trinajstić information content (AvgIpc) is 3.41. The van der Waals surface area contributed by atoms with Crippen LogP contribution >= 0.6 is 11.3 Å². The van der Waals surface area contributed by atoms with Crippen LogP contribution in [0, 0.1) is 5.92 Å². The molecule has 2 heterocycles. The number of benzene rings is 3. The van der Waals surface area contributed by atoms with E-state index in [4.69, 9.17) is 4.42 Å². The van der Waals surface area contributed by atoms with Gasteiger partial charge in [0.1, 0.15) is 22.2 Å². The minimum absolute atomic E-state index is 0.106. The zero-order chi connectivity index (χ0) is 26.7. The van der Waals surface area contributed by atoms with Crippen molar-refractivity contribution >= 4 is 59.5 Å². The van der Waals surface area contributed by atoms with Gasteiger partial charge < -0.3 is 9.52 Å². The van der Waals surface area contributed by atoms with Crippen molar-refractivity contribution in [3.63, 3.8) is 0 Å². The molecule has 0 saturated carbocycles. The highest BCUT2D eigenvalue weighted by Crippen LogP contribution is 2.38. The molecule has 0 aliphatic heterocycles. The molecule has 2 N–H and O–H groups in total. The van der Waals surface area contributed by atoms with Gasteiger partial charge in [0, 0.05) is 16.3 Å². The number of nitrogens with one attached hydrogen (secondary N) is 1. The maximum absolute atomic E-state index is 13.1. The number of sulfonamides is 1. The fourth-order valence-corrected chi connectivity index (χ4v) is 6.35. The molecule has 0 aliphatic carbocycles. The number of alkyl halides is 3. The van der Waals surface area contributed by atoms with E-state index in [0.717, 1.165) is 23.5 Å². The van der Waals surface area contributed by atoms with Crippen LogP contribution in [0.25, 0.3) is 42.7 Å². The summed E-state index contributed by atoms with van der Waals surface area (Å²) in [6.07, 6.45) is -4.45. The van der Waals surface area contributed by atoms with Gasteiger partial charge in [-0.05, 0) is 54.4 Å². The Labute approximate surface area is 212 Å². The smallest absolute Gasteiger partial charge is 0.416 e. The molecule has 0 saturated heterocycles. The molecule has 0 aliphatic rings. The molecule has 0 fully saturated rings. The highest BCUT2D eigenvalue weighted by atomic mass is 32.2. The molecule has 0 unspecified atom stereocenters. The summed E-state index contributed by atoms with van der Waals surface area (Å²) in [6.45, 7) is 3.21. The maximum atomic E-state index is 13.1. The molecule has 0 amide bonds. The number of aliphatic carboxylic acids is 1. The molecule has 0 radical (unpaired) electrons. The molecule has 192 valence electrons. The SMILES string of the molecule is CC(C)[C@@H](NS(=O)(=O)c1ccc2oc3cc(-c4nc5ccc(C(F)(F)F)cc5s4)ccc3c2c1)C(=O)O. The Hall–Kier alpha value is -3.48. The lowest BCUT2D eigenvalue weighted by Crippen LogP contribution is -2.44. The van der Waals surface area contributed by atoms with Crippen molar-refractivity contribution in [3.05, 3.63) is 60.2 Å². The van der Waals surface area contributed by atoms with E-state index in [-0.39, 0.29) is 4.90 Å². The van der Waals surface area contributed by atoms with Gasteiger partial charge in [-0.3, -0.25) is 4.79 Å². The second-order valence-electron chi connectivity index (χ2n) is 8.85. The quantitative estimate of drug-likeness (QED) is 0.259. The minimum atomic E-state index is -4.45. The van der Waals surface area contributed by atoms with Gasteiger partial charge >= 0.3 is 12.1 Å². The molecule has 5 rings (SSSR count). The van der Waals surface area contributed by atoms with Crippen molar-refractivity contribution in [2.24, 2.45) is 5.92 Å². The fraction of sp³-hybridized carbons (Fsp3) is 0.200. The third kappa shape index (κ3) is 4.67. The van der Waals surface area contributed by atoms with Crippen molar-refractivity contribution in [1.82, 2.24) is 9.71 Å². The second-order valence-corrected chi connectivity index (χ2v) is 11.6. The molecule has 2 aromatic heterocycles. The van der Waals surface area contributed by atoms with Crippen molar-refractivity contribution in [3.8, 4) is 10.6 Å². The van der Waals surface area contributed by atoms with Crippen LogP contribution in [-0.4, -0.2) is 30.5 Å². The number of rotatable bonds is 6. The van der Waals surface area contributed by atoms with E-state index in [1.54, 1.807) is 32.0 Å². The predicted molar refractivity (Wildman–Crippen MR) is 134 cm³/mol. The van der Waals surface area contributed by atoms with Crippen molar-refractivity contribution < 1.29 is 35.9 Å². The van der Waals surface area contributed by atoms with E-state index >= 15 is 0 Å². The van der Waals surface area contributed by atoms with Crippen LogP contribution in [-0.2, 0) is 21.0 Å². The first-order valence-corrected chi connectivity index (χ1v) is 13.3. The summed E-state index contributed by atoms with van der Waals surface area (Å²) < 4.78 is 73.5. The third-order valence-electron chi connectivity index (χ3n) is 5.93. The van der Waals surface area contributed by atoms with Gasteiger partial charge in [0.05, 0.1) is 20.7 Å². The van der Waals surface area contributed by atoms with Crippen LogP contribution in [0.5, 0.6) is 0 Å². The van der Waals surface area contributed by atoms with Crippen LogP contribution in [0.15, 0.2) is 63.9 Å². The largest absolute Gasteiger partial charge is 0.480 e. The standard InChI is InChI=1S/C25H19F3N2O5S2/c1-12(2)22(24(31)32)30-37(33,34)15-5-8-19-17(11-15)16-6-3-13(9-20(16)35-19)23-29-18-7-4-14(25(26,27)28)10-21(18)36-23/h3-12,22,30H,1-2H3,(H,31,32)/t22-/m1/s1. The molecular formula is C25H19F3N2O5S2. The molecule has 5 aromatic rings. The van der Waals surface area contributed by atoms with Gasteiger partial charge in [-0.2, -0.15) is 17.9 Å². The minimum Gasteiger partial charge on any atom is -0.480 e. The summed E-state index contributed by atoms with van der Waals surface area (Å²) in [4.78, 5) is 15.8. The van der Waals surface area contributed by atoms with E-state index in [0.29, 0.717) is 42.7 Å². The summed E-state index contributed by atoms with van der Waals surface area (Å²) in [5.74, 6) is -1.74. The van der Waals surface area contributed by atoms with Gasteiger partial charge in [-0.25, -0.2) is 13.4 Å². The van der Waals surface area contributed by atoms with Gasteiger partial charge in [-0.1, -0.05) is 19.9 Å². The zero-order valence-corrected chi connectivity index (χ0v) is 21.0. The summed E-state index contributed by atoms with van der Waals surface area (Å²) in [5, 5.41) is 11.0. The van der Waals surface area contributed by atoms with Gasteiger partial charge in [0.2, 0.25) is 10.0 Å². The monoisotopic (exact) mass is 548 g/mol. The van der Waals surface area contributed by atoms with E-state index in [1.807, 2.05) is 0 Å². The van der Waals surface area contributed by atoms with Crippen molar-refractivity contribution in [2.75, 3.05) is 0 Å². The van der Waals surface area contributed by atoms with Crippen molar-refractivity contribution in [2.45, 2.75) is 31.0 Å². The number of aromatic nitrogens is 1. The molecule has 37 heavy (non-hydrogen) atoms. The molecule has 0 bridgehead atoms. The molecule has 12 heteroatoms. The Morgan fingerprint density at radius 3 is 2.46 bits per heavy atom. The first-order valence-electron chi connectivity index (χ1n) is 11.0. The zero-order valence-electron chi connectivity index (χ0n) is 19.3. The number of carboxylic acids is 1. The molecule has 0 spiro atoms. The average molecular weight is 549 g/mol. The number of thiazole rings is 1. The van der Waals surface area contributed by atoms with Crippen LogP contribution in [0.1, 0.15) is 19.4 Å². The lowest BCUT2D eigenvalue weighted by atomic mass is 10.1. The number of halogens is 3. The fourth-order valence-electron chi connectivity index (χ4n) is 3.99. The summed E-state index contributed by atoms with van der Waals surface area (Å²) >= 11 is 1.12. The lowest BCUT2D eigenvalue weighted by molar-refractivity contribution is -0.140.